The molecule has 0 unspecified atom stereocenters. The first-order valence-corrected chi connectivity index (χ1v) is 8.54. The molecule has 24 heavy (non-hydrogen) atoms. The van der Waals surface area contributed by atoms with Crippen molar-refractivity contribution >= 4 is 0 Å². The summed E-state index contributed by atoms with van der Waals surface area (Å²) in [4.78, 5) is 2.37. The van der Waals surface area contributed by atoms with E-state index in [1.54, 1.807) is 4.68 Å². The van der Waals surface area contributed by atoms with Crippen LogP contribution in [0.3, 0.4) is 0 Å². The van der Waals surface area contributed by atoms with Crippen molar-refractivity contribution in [3.8, 4) is 11.4 Å². The first-order chi connectivity index (χ1) is 11.5. The lowest BCUT2D eigenvalue weighted by Crippen LogP contribution is -2.38. The van der Waals surface area contributed by atoms with Gasteiger partial charge in [-0.15, -0.1) is 0 Å². The third-order valence-electron chi connectivity index (χ3n) is 4.14. The second-order valence-corrected chi connectivity index (χ2v) is 7.12. The zero-order chi connectivity index (χ0) is 17.0. The Bertz CT molecular complexity index is 655. The molecule has 5 heteroatoms. The Kier molecular flexibility index (Phi) is 5.21. The van der Waals surface area contributed by atoms with E-state index in [1.165, 1.54) is 0 Å². The van der Waals surface area contributed by atoms with Gasteiger partial charge < -0.3 is 9.47 Å². The van der Waals surface area contributed by atoms with Crippen molar-refractivity contribution in [3.63, 3.8) is 0 Å². The van der Waals surface area contributed by atoms with Gasteiger partial charge in [0, 0.05) is 31.1 Å². The maximum absolute atomic E-state index is 5.91. The lowest BCUT2D eigenvalue weighted by Gasteiger charge is -2.26. The van der Waals surface area contributed by atoms with Crippen LogP contribution in [0.2, 0.25) is 0 Å². The zero-order valence-corrected chi connectivity index (χ0v) is 14.8. The summed E-state index contributed by atoms with van der Waals surface area (Å²) >= 11 is 0. The minimum atomic E-state index is 0.0218. The molecule has 1 aromatic heterocycles. The van der Waals surface area contributed by atoms with Crippen LogP contribution in [-0.2, 0) is 10.2 Å². The molecule has 0 atom stereocenters. The van der Waals surface area contributed by atoms with Gasteiger partial charge in [-0.3, -0.25) is 4.90 Å². The van der Waals surface area contributed by atoms with Crippen molar-refractivity contribution < 1.29 is 9.47 Å². The van der Waals surface area contributed by atoms with Gasteiger partial charge in [0.15, 0.2) is 0 Å². The summed E-state index contributed by atoms with van der Waals surface area (Å²) in [5, 5.41) is 4.63. The predicted octanol–water partition coefficient (Wildman–Crippen LogP) is 2.68. The smallest absolute Gasteiger partial charge is 0.121 e. The number of nitrogens with zero attached hydrogens (tertiary/aromatic N) is 3. The molecule has 3 rings (SSSR count). The molecule has 1 aliphatic heterocycles. The van der Waals surface area contributed by atoms with E-state index >= 15 is 0 Å². The van der Waals surface area contributed by atoms with Crippen LogP contribution in [0.1, 0.15) is 26.5 Å². The van der Waals surface area contributed by atoms with Crippen LogP contribution in [0.4, 0.5) is 0 Å². The topological polar surface area (TPSA) is 39.5 Å². The molecule has 0 spiro atoms. The Morgan fingerprint density at radius 2 is 2.04 bits per heavy atom. The lowest BCUT2D eigenvalue weighted by molar-refractivity contribution is 0.0322. The Hall–Kier alpha value is -1.85. The minimum absolute atomic E-state index is 0.0218. The summed E-state index contributed by atoms with van der Waals surface area (Å²) in [7, 11) is 0. The number of rotatable bonds is 5. The molecule has 1 radical (unpaired) electrons. The Morgan fingerprint density at radius 3 is 2.75 bits per heavy atom. The summed E-state index contributed by atoms with van der Waals surface area (Å²) in [6.07, 6.45) is 3.19. The molecule has 2 heterocycles. The molecule has 0 N–H and O–H groups in total. The number of aromatic nitrogens is 2. The molecule has 0 amide bonds. The van der Waals surface area contributed by atoms with Gasteiger partial charge in [-0.1, -0.05) is 26.8 Å². The van der Waals surface area contributed by atoms with Gasteiger partial charge in [-0.05, 0) is 18.2 Å². The normalized spacial score (nSPS) is 16.3. The van der Waals surface area contributed by atoms with E-state index in [0.717, 1.165) is 50.0 Å². The maximum Gasteiger partial charge on any atom is 0.121 e. The summed E-state index contributed by atoms with van der Waals surface area (Å²) in [6.45, 7) is 11.7. The minimum Gasteiger partial charge on any atom is -0.492 e. The summed E-state index contributed by atoms with van der Waals surface area (Å²) in [5.41, 5.74) is 2.02. The van der Waals surface area contributed by atoms with E-state index in [1.807, 2.05) is 30.3 Å². The number of morpholine rings is 1. The van der Waals surface area contributed by atoms with Crippen molar-refractivity contribution in [2.24, 2.45) is 0 Å². The highest BCUT2D eigenvalue weighted by Gasteiger charge is 2.17. The van der Waals surface area contributed by atoms with E-state index in [9.17, 15) is 0 Å². The standard InChI is InChI=1S/C19H26N3O2/c1-19(2,3)18-7-8-22(20-18)16-5-4-6-17(15-16)24-14-11-21-9-12-23-13-10-21/h4-7,15H,9-14H2,1-3H3. The van der Waals surface area contributed by atoms with Crippen molar-refractivity contribution in [3.05, 3.63) is 42.2 Å². The van der Waals surface area contributed by atoms with E-state index in [2.05, 4.69) is 37.0 Å². The maximum atomic E-state index is 5.91. The molecular formula is C19H26N3O2. The van der Waals surface area contributed by atoms with Gasteiger partial charge in [0.05, 0.1) is 30.8 Å². The van der Waals surface area contributed by atoms with E-state index in [0.29, 0.717) is 6.61 Å². The Balaban J connectivity index is 1.60. The van der Waals surface area contributed by atoms with Gasteiger partial charge in [-0.2, -0.15) is 5.10 Å². The van der Waals surface area contributed by atoms with Crippen LogP contribution in [0.25, 0.3) is 5.69 Å². The highest BCUT2D eigenvalue weighted by Crippen LogP contribution is 2.22. The highest BCUT2D eigenvalue weighted by molar-refractivity contribution is 5.38. The van der Waals surface area contributed by atoms with Gasteiger partial charge in [0.1, 0.15) is 12.4 Å². The number of ether oxygens (including phenoxy) is 2. The zero-order valence-electron chi connectivity index (χ0n) is 14.8. The number of hydrogen-bond donors (Lipinski definition) is 0. The largest absolute Gasteiger partial charge is 0.492 e. The molecule has 2 aromatic rings. The van der Waals surface area contributed by atoms with Crippen molar-refractivity contribution in [2.75, 3.05) is 39.5 Å². The van der Waals surface area contributed by atoms with Crippen molar-refractivity contribution in [1.82, 2.24) is 14.7 Å². The van der Waals surface area contributed by atoms with Crippen molar-refractivity contribution in [2.45, 2.75) is 26.2 Å². The molecule has 129 valence electrons. The monoisotopic (exact) mass is 328 g/mol. The van der Waals surface area contributed by atoms with Gasteiger partial charge in [-0.25, -0.2) is 4.68 Å². The van der Waals surface area contributed by atoms with Crippen LogP contribution in [0, 0.1) is 6.20 Å². The second kappa shape index (κ2) is 7.36. The molecule has 0 bridgehead atoms. The van der Waals surface area contributed by atoms with Crippen LogP contribution in [-0.4, -0.2) is 54.1 Å². The quantitative estimate of drug-likeness (QED) is 0.846. The van der Waals surface area contributed by atoms with Gasteiger partial charge >= 0.3 is 0 Å². The van der Waals surface area contributed by atoms with E-state index < -0.39 is 0 Å². The summed E-state index contributed by atoms with van der Waals surface area (Å²) in [5.74, 6) is 0.863. The molecule has 0 saturated carbocycles. The third kappa shape index (κ3) is 4.36. The number of benzene rings is 1. The molecule has 1 fully saturated rings. The SMILES string of the molecule is CC(C)(C)c1c[c]n(-c2cccc(OCCN3CCOCC3)c2)n1. The average molecular weight is 328 g/mol. The fraction of sp³-hybridized carbons (Fsp3) is 0.526. The molecule has 5 nitrogen and oxygen atoms in total. The van der Waals surface area contributed by atoms with Crippen LogP contribution in [0.15, 0.2) is 30.3 Å². The van der Waals surface area contributed by atoms with Gasteiger partial charge in [0.2, 0.25) is 0 Å². The van der Waals surface area contributed by atoms with E-state index in [-0.39, 0.29) is 5.41 Å². The van der Waals surface area contributed by atoms with Crippen molar-refractivity contribution in [1.29, 1.82) is 0 Å². The fourth-order valence-electron chi connectivity index (χ4n) is 2.61. The predicted molar refractivity (Wildman–Crippen MR) is 93.9 cm³/mol. The lowest BCUT2D eigenvalue weighted by atomic mass is 9.93. The molecular weight excluding hydrogens is 302 g/mol. The Morgan fingerprint density at radius 1 is 1.25 bits per heavy atom. The van der Waals surface area contributed by atoms with E-state index in [4.69, 9.17) is 9.47 Å². The molecule has 1 aliphatic rings. The van der Waals surface area contributed by atoms with Crippen LogP contribution >= 0.6 is 0 Å². The Labute approximate surface area is 144 Å². The molecule has 1 aromatic carbocycles. The first kappa shape index (κ1) is 17.0. The first-order valence-electron chi connectivity index (χ1n) is 8.54. The highest BCUT2D eigenvalue weighted by atomic mass is 16.5. The average Bonchev–Trinajstić information content (AvgIpc) is 3.07. The summed E-state index contributed by atoms with van der Waals surface area (Å²) < 4.78 is 13.1. The third-order valence-corrected chi connectivity index (χ3v) is 4.14. The van der Waals surface area contributed by atoms with Crippen LogP contribution in [0.5, 0.6) is 5.75 Å². The molecule has 0 aliphatic carbocycles. The molecule has 1 saturated heterocycles. The second-order valence-electron chi connectivity index (χ2n) is 7.12. The number of hydrogen-bond acceptors (Lipinski definition) is 4. The van der Waals surface area contributed by atoms with Crippen LogP contribution < -0.4 is 4.74 Å². The fourth-order valence-corrected chi connectivity index (χ4v) is 2.61. The summed E-state index contributed by atoms with van der Waals surface area (Å²) in [6, 6.07) is 9.95. The van der Waals surface area contributed by atoms with Gasteiger partial charge in [0.25, 0.3) is 0 Å².